The van der Waals surface area contributed by atoms with Crippen molar-refractivity contribution in [2.24, 2.45) is 64.9 Å². The average molecular weight is 1470 g/mol. The summed E-state index contributed by atoms with van der Waals surface area (Å²) < 4.78 is 74.4. The summed E-state index contributed by atoms with van der Waals surface area (Å²) in [4.78, 5) is 42.0. The van der Waals surface area contributed by atoms with E-state index < -0.39 is 215 Å². The van der Waals surface area contributed by atoms with Crippen molar-refractivity contribution in [1.82, 2.24) is 10.6 Å². The number of hydrogen-bond donors (Lipinski definition) is 13. The molecule has 102 heavy (non-hydrogen) atoms. The Morgan fingerprint density at radius 3 is 1.21 bits per heavy atom. The van der Waals surface area contributed by atoms with E-state index >= 15 is 0 Å². The third-order valence-corrected chi connectivity index (χ3v) is 23.9. The molecule has 28 nitrogen and oxygen atoms in total. The third kappa shape index (κ3) is 20.8. The summed E-state index contributed by atoms with van der Waals surface area (Å²) in [5, 5.41) is 122. The highest BCUT2D eigenvalue weighted by Crippen LogP contribution is 2.45. The maximum atomic E-state index is 14.1. The molecule has 14 N–H and O–H groups in total. The lowest BCUT2D eigenvalue weighted by Gasteiger charge is -2.49. The number of aliphatic hydroxyl groups is 10. The van der Waals surface area contributed by atoms with E-state index in [1.54, 1.807) is 97.1 Å². The van der Waals surface area contributed by atoms with Crippen LogP contribution in [0.1, 0.15) is 190 Å². The first-order chi connectivity index (χ1) is 47.1. The average Bonchev–Trinajstić information content (AvgIpc) is 0.778. The van der Waals surface area contributed by atoms with Gasteiger partial charge in [-0.3, -0.25) is 14.4 Å². The van der Waals surface area contributed by atoms with Crippen molar-refractivity contribution in [3.8, 4) is 0 Å². The van der Waals surface area contributed by atoms with Crippen LogP contribution in [0.2, 0.25) is 0 Å². The smallest absolute Gasteiger partial charge is 0.311 e. The molecule has 0 aromatic heterocycles. The van der Waals surface area contributed by atoms with Crippen LogP contribution in [0.5, 0.6) is 0 Å². The molecule has 28 heteroatoms. The zero-order valence-electron chi connectivity index (χ0n) is 65.6. The number of rotatable bonds is 16. The summed E-state index contributed by atoms with van der Waals surface area (Å²) in [7, 11) is 6.58. The van der Waals surface area contributed by atoms with E-state index in [1.165, 1.54) is 41.9 Å². The van der Waals surface area contributed by atoms with E-state index in [9.17, 15) is 65.4 Å². The Balaban J connectivity index is 0.000000367. The first-order valence-electron chi connectivity index (χ1n) is 37.4. The van der Waals surface area contributed by atoms with Gasteiger partial charge in [0.2, 0.25) is 0 Å². The summed E-state index contributed by atoms with van der Waals surface area (Å²) in [6, 6.07) is -0.692. The molecule has 0 aromatic rings. The number of Topliss-reactive ketones (excluding diaryl/α,β-unsaturated/α-hetero) is 1. The van der Waals surface area contributed by atoms with Gasteiger partial charge in [0.25, 0.3) is 0 Å². The monoisotopic (exact) mass is 1470 g/mol. The second kappa shape index (κ2) is 36.9. The Labute approximate surface area is 607 Å². The van der Waals surface area contributed by atoms with Gasteiger partial charge in [-0.15, -0.1) is 0 Å². The predicted octanol–water partition coefficient (Wildman–Crippen LogP) is 3.14. The molecule has 598 valence electrons. The number of ether oxygens (including phenoxy) is 12. The molecular formula is C74H137N3O25. The van der Waals surface area contributed by atoms with Crippen molar-refractivity contribution in [2.45, 2.75) is 352 Å². The number of cyclic esters (lactones) is 2. The molecule has 6 saturated heterocycles. The normalized spacial score (nSPS) is 50.3. The van der Waals surface area contributed by atoms with E-state index in [2.05, 4.69) is 10.6 Å². The van der Waals surface area contributed by atoms with Crippen LogP contribution in [0, 0.1) is 59.2 Å². The molecule has 37 atom stereocenters. The van der Waals surface area contributed by atoms with Gasteiger partial charge in [-0.1, -0.05) is 55.4 Å². The Morgan fingerprint density at radius 1 is 0.490 bits per heavy atom. The molecule has 6 aliphatic rings. The molecule has 6 heterocycles. The number of aliphatic hydroxyl groups excluding tert-OH is 6. The van der Waals surface area contributed by atoms with Gasteiger partial charge >= 0.3 is 11.9 Å². The lowest BCUT2D eigenvalue weighted by Crippen LogP contribution is -2.61. The molecule has 0 amide bonds. The standard InChI is InChI=1S/C37H70N2O12.C37H67NO13/c1-13-25-37(10,45)30(41)20(4)27(38)18(2)15-35(8,44)32(51-34-28(40)24(17-39-11)14-19(3)47-34)21(5)29(22(6)33(43)49-25)50-26-16-36(9,46-12)31(42)23(7)48-26;1-13-25-37(10,45)30(41)20(4)27(39)18(2)15-35(8,44)32(51-34-28(40)24(17-38-11)14-19(3)47-34)21(5)29(22(6)33(43)49-25)50-26-16-36(9,46-12)31(42)23(7)48-26/h18-32,34,39-42,44-45H,13-17,38H2,1-12H3;18-26,28-32,34,38,40-42,44-45H,13-17H2,1-12H3/t18-,19-,20+,21+,22-,23+,24-,25-,26+,27+,28-,29+,30-,31+,32-,34+,35-,36-,37-;18-,19-,20+,21+,22-,23+,24-,25-,26+,28-,29+,30-,31+,32-,34+,35-,36-,37-/m11/s1. The number of esters is 2. The Bertz CT molecular complexity index is 2610. The number of carbonyl (C=O) groups is 3. The molecule has 6 rings (SSSR count). The number of ketones is 1. The van der Waals surface area contributed by atoms with Crippen LogP contribution in [-0.4, -0.2) is 273 Å². The van der Waals surface area contributed by atoms with Crippen LogP contribution < -0.4 is 16.4 Å². The molecule has 0 bridgehead atoms. The van der Waals surface area contributed by atoms with E-state index in [1.807, 2.05) is 27.8 Å². The Hall–Kier alpha value is -2.31. The second-order valence-corrected chi connectivity index (χ2v) is 32.8. The Morgan fingerprint density at radius 2 is 0.853 bits per heavy atom. The SMILES string of the molecule is CC[C@H]1OC(=O)[C@H](C)[C@@H](O[C@H]2C[C@@](C)(OC)[C@@H](O)[C@H](C)O2)[C@H](C)[C@@H](O[C@@H]2O[C@H](C)C[C@H](CNC)[C@H]2O)[C@](C)(O)C[C@@H](C)C(=O)[C@H](C)[C@@H](O)[C@]1(C)O.CC[C@H]1OC(=O)[C@H](C)[C@@H](O[C@H]2C[C@@](C)(OC)[C@@H](O)[C@H](C)O2)[C@H](C)[C@@H](O[C@@H]2O[C@H](C)C[C@H](CNC)[C@H]2O)[C@](C)(O)C[C@@H](C)[C@H](N)[C@H](C)[C@@H](O)[C@]1(C)O. The van der Waals surface area contributed by atoms with Crippen LogP contribution in [0.15, 0.2) is 0 Å². The van der Waals surface area contributed by atoms with Crippen LogP contribution in [-0.2, 0) is 71.2 Å². The Kier molecular flexibility index (Phi) is 32.7. The highest BCUT2D eigenvalue weighted by atomic mass is 16.7. The molecular weight excluding hydrogens is 1330 g/mol. The minimum absolute atomic E-state index is 0.0916. The quantitative estimate of drug-likeness (QED) is 0.0987. The number of methoxy groups -OCH3 is 2. The lowest BCUT2D eigenvalue weighted by atomic mass is 9.72. The fourth-order valence-corrected chi connectivity index (χ4v) is 17.2. The van der Waals surface area contributed by atoms with Crippen molar-refractivity contribution in [1.29, 1.82) is 0 Å². The molecule has 6 aliphatic heterocycles. The van der Waals surface area contributed by atoms with Gasteiger partial charge in [0.1, 0.15) is 53.6 Å². The van der Waals surface area contributed by atoms with Gasteiger partial charge in [0, 0.05) is 87.6 Å². The zero-order valence-corrected chi connectivity index (χ0v) is 65.6. The zero-order chi connectivity index (χ0) is 77.6. The summed E-state index contributed by atoms with van der Waals surface area (Å²) in [5.41, 5.74) is -2.62. The first kappa shape index (κ1) is 90.3. The molecule has 0 radical (unpaired) electrons. The number of hydrogen-bond acceptors (Lipinski definition) is 28. The fraction of sp³-hybridized carbons (Fsp3) is 0.959. The topological polar surface area (TPSA) is 414 Å². The van der Waals surface area contributed by atoms with Crippen molar-refractivity contribution in [3.63, 3.8) is 0 Å². The molecule has 0 aromatic carbocycles. The van der Waals surface area contributed by atoms with Crippen molar-refractivity contribution >= 4 is 17.7 Å². The largest absolute Gasteiger partial charge is 0.459 e. The van der Waals surface area contributed by atoms with Crippen molar-refractivity contribution in [3.05, 3.63) is 0 Å². The van der Waals surface area contributed by atoms with Crippen molar-refractivity contribution < 1.29 is 122 Å². The summed E-state index contributed by atoms with van der Waals surface area (Å²) in [5.74, 6) is -8.93. The van der Waals surface area contributed by atoms with E-state index in [-0.39, 0.29) is 62.6 Å². The van der Waals surface area contributed by atoms with Gasteiger partial charge in [0.05, 0.1) is 95.3 Å². The van der Waals surface area contributed by atoms with Crippen LogP contribution in [0.25, 0.3) is 0 Å². The molecule has 0 aliphatic carbocycles. The second-order valence-electron chi connectivity index (χ2n) is 32.8. The fourth-order valence-electron chi connectivity index (χ4n) is 17.2. The van der Waals surface area contributed by atoms with Crippen LogP contribution in [0.4, 0.5) is 0 Å². The first-order valence-corrected chi connectivity index (χ1v) is 37.4. The van der Waals surface area contributed by atoms with Crippen molar-refractivity contribution in [2.75, 3.05) is 41.4 Å². The number of nitrogens with one attached hydrogen (secondary N) is 2. The highest BCUT2D eigenvalue weighted by Gasteiger charge is 2.57. The maximum Gasteiger partial charge on any atom is 0.311 e. The summed E-state index contributed by atoms with van der Waals surface area (Å²) in [6.45, 7) is 34.6. The van der Waals surface area contributed by atoms with Gasteiger partial charge in [-0.25, -0.2) is 0 Å². The summed E-state index contributed by atoms with van der Waals surface area (Å²) in [6.07, 6.45) is -18.1. The lowest BCUT2D eigenvalue weighted by molar-refractivity contribution is -0.318. The van der Waals surface area contributed by atoms with Gasteiger partial charge in [-0.2, -0.15) is 0 Å². The molecule has 0 saturated carbocycles. The summed E-state index contributed by atoms with van der Waals surface area (Å²) >= 11 is 0. The van der Waals surface area contributed by atoms with E-state index in [0.29, 0.717) is 25.9 Å². The third-order valence-electron chi connectivity index (χ3n) is 23.9. The molecule has 6 fully saturated rings. The molecule has 0 spiro atoms. The minimum Gasteiger partial charge on any atom is -0.459 e. The number of carbonyl (C=O) groups excluding carboxylic acids is 3. The highest BCUT2D eigenvalue weighted by molar-refractivity contribution is 5.83. The van der Waals surface area contributed by atoms with Gasteiger partial charge in [0.15, 0.2) is 25.2 Å². The maximum absolute atomic E-state index is 14.1. The van der Waals surface area contributed by atoms with Gasteiger partial charge < -0.3 is 124 Å². The predicted molar refractivity (Wildman–Crippen MR) is 375 cm³/mol. The van der Waals surface area contributed by atoms with Gasteiger partial charge in [-0.05, 0) is 142 Å². The van der Waals surface area contributed by atoms with E-state index in [4.69, 9.17) is 62.6 Å². The van der Waals surface area contributed by atoms with Crippen LogP contribution in [0.3, 0.4) is 0 Å². The van der Waals surface area contributed by atoms with Crippen LogP contribution >= 0.6 is 0 Å². The number of nitrogens with two attached hydrogens (primary N) is 1. The molecule has 0 unspecified atom stereocenters. The minimum atomic E-state index is -1.99. The van der Waals surface area contributed by atoms with E-state index in [0.717, 1.165) is 0 Å².